The first-order valence-corrected chi connectivity index (χ1v) is 9.37. The molecule has 0 atom stereocenters. The van der Waals surface area contributed by atoms with Gasteiger partial charge in [0.25, 0.3) is 0 Å². The second-order valence-electron chi connectivity index (χ2n) is 5.77. The minimum atomic E-state index is -0.352. The molecular formula is C19H15FN6OS. The summed E-state index contributed by atoms with van der Waals surface area (Å²) in [6, 6.07) is 13.1. The lowest BCUT2D eigenvalue weighted by Crippen LogP contribution is -2.15. The summed E-state index contributed by atoms with van der Waals surface area (Å²) in [6.45, 7) is 0. The lowest BCUT2D eigenvalue weighted by atomic mass is 10.3. The van der Waals surface area contributed by atoms with Gasteiger partial charge in [0, 0.05) is 36.0 Å². The van der Waals surface area contributed by atoms with Crippen LogP contribution in [0.3, 0.4) is 0 Å². The Morgan fingerprint density at radius 3 is 2.57 bits per heavy atom. The highest BCUT2D eigenvalue weighted by Gasteiger charge is 2.17. The number of nitrogens with zero attached hydrogens (tertiary/aromatic N) is 5. The van der Waals surface area contributed by atoms with Gasteiger partial charge < -0.3 is 5.32 Å². The second kappa shape index (κ2) is 8.05. The fourth-order valence-corrected chi connectivity index (χ4v) is 3.29. The molecular weight excluding hydrogens is 379 g/mol. The normalized spacial score (nSPS) is 10.8. The fourth-order valence-electron chi connectivity index (χ4n) is 2.56. The zero-order valence-electron chi connectivity index (χ0n) is 14.6. The van der Waals surface area contributed by atoms with E-state index in [1.54, 1.807) is 12.4 Å². The van der Waals surface area contributed by atoms with E-state index >= 15 is 0 Å². The third-order valence-corrected chi connectivity index (χ3v) is 4.73. The first-order valence-electron chi connectivity index (χ1n) is 8.38. The first kappa shape index (κ1) is 17.9. The van der Waals surface area contributed by atoms with Crippen LogP contribution in [0.1, 0.15) is 0 Å². The van der Waals surface area contributed by atoms with Crippen LogP contribution in [0.5, 0.6) is 0 Å². The van der Waals surface area contributed by atoms with Gasteiger partial charge in [0.2, 0.25) is 11.1 Å². The molecule has 0 aliphatic rings. The van der Waals surface area contributed by atoms with E-state index < -0.39 is 0 Å². The number of hydrogen-bond donors (Lipinski definition) is 1. The van der Waals surface area contributed by atoms with Gasteiger partial charge in [-0.3, -0.25) is 14.5 Å². The number of carbonyl (C=O) groups excluding carboxylic acids is 1. The Labute approximate surface area is 164 Å². The number of benzene rings is 1. The fraction of sp³-hybridized carbons (Fsp3) is 0.0526. The summed E-state index contributed by atoms with van der Waals surface area (Å²) in [4.78, 5) is 16.4. The summed E-state index contributed by atoms with van der Waals surface area (Å²) >= 11 is 1.25. The highest BCUT2D eigenvalue weighted by atomic mass is 32.2. The molecule has 1 aromatic carbocycles. The second-order valence-corrected chi connectivity index (χ2v) is 6.71. The molecule has 0 radical (unpaired) electrons. The van der Waals surface area contributed by atoms with Crippen LogP contribution in [0.4, 0.5) is 10.1 Å². The topological polar surface area (TPSA) is 77.6 Å². The highest BCUT2D eigenvalue weighted by molar-refractivity contribution is 7.99. The van der Waals surface area contributed by atoms with Crippen molar-refractivity contribution in [2.45, 2.75) is 5.16 Å². The number of aromatic nitrogens is 5. The van der Waals surface area contributed by atoms with Crippen molar-refractivity contribution < 1.29 is 9.18 Å². The SMILES string of the molecule is O=C(CSc1nnc(-c2cccnc2)n1-n1cccc1)Nc1ccc(F)cc1. The van der Waals surface area contributed by atoms with Crippen molar-refractivity contribution in [3.63, 3.8) is 0 Å². The van der Waals surface area contributed by atoms with Crippen LogP contribution in [-0.4, -0.2) is 36.2 Å². The molecule has 1 amide bonds. The molecule has 0 unspecified atom stereocenters. The molecule has 7 nitrogen and oxygen atoms in total. The summed E-state index contributed by atoms with van der Waals surface area (Å²) < 4.78 is 16.6. The van der Waals surface area contributed by atoms with Crippen molar-refractivity contribution in [1.82, 2.24) is 24.5 Å². The van der Waals surface area contributed by atoms with Crippen LogP contribution in [-0.2, 0) is 4.79 Å². The Hall–Kier alpha value is -3.46. The number of halogens is 1. The quantitative estimate of drug-likeness (QED) is 0.508. The number of thioether (sulfide) groups is 1. The van der Waals surface area contributed by atoms with Gasteiger partial charge in [-0.15, -0.1) is 10.2 Å². The number of amides is 1. The maximum absolute atomic E-state index is 13.0. The molecule has 28 heavy (non-hydrogen) atoms. The Kier molecular flexibility index (Phi) is 5.16. The predicted molar refractivity (Wildman–Crippen MR) is 104 cm³/mol. The van der Waals surface area contributed by atoms with Crippen molar-refractivity contribution >= 4 is 23.4 Å². The number of hydrogen-bond acceptors (Lipinski definition) is 5. The van der Waals surface area contributed by atoms with Crippen LogP contribution >= 0.6 is 11.8 Å². The molecule has 0 aliphatic heterocycles. The molecule has 0 bridgehead atoms. The van der Waals surface area contributed by atoms with E-state index in [0.29, 0.717) is 16.7 Å². The largest absolute Gasteiger partial charge is 0.325 e. The number of anilines is 1. The van der Waals surface area contributed by atoms with Crippen molar-refractivity contribution in [2.24, 2.45) is 0 Å². The van der Waals surface area contributed by atoms with Gasteiger partial charge in [0.15, 0.2) is 5.82 Å². The van der Waals surface area contributed by atoms with Crippen LogP contribution < -0.4 is 5.32 Å². The number of pyridine rings is 1. The van der Waals surface area contributed by atoms with Crippen molar-refractivity contribution in [2.75, 3.05) is 11.1 Å². The van der Waals surface area contributed by atoms with Gasteiger partial charge >= 0.3 is 0 Å². The minimum absolute atomic E-state index is 0.129. The van der Waals surface area contributed by atoms with Crippen LogP contribution in [0.25, 0.3) is 11.4 Å². The van der Waals surface area contributed by atoms with E-state index in [9.17, 15) is 9.18 Å². The Morgan fingerprint density at radius 1 is 1.07 bits per heavy atom. The van der Waals surface area contributed by atoms with Crippen LogP contribution in [0.2, 0.25) is 0 Å². The lowest BCUT2D eigenvalue weighted by Gasteiger charge is -2.11. The average Bonchev–Trinajstić information content (AvgIpc) is 3.38. The smallest absolute Gasteiger partial charge is 0.234 e. The minimum Gasteiger partial charge on any atom is -0.325 e. The van der Waals surface area contributed by atoms with Gasteiger partial charge in [-0.05, 0) is 48.5 Å². The molecule has 3 heterocycles. The lowest BCUT2D eigenvalue weighted by molar-refractivity contribution is -0.113. The van der Waals surface area contributed by atoms with Gasteiger partial charge in [-0.2, -0.15) is 0 Å². The van der Waals surface area contributed by atoms with Crippen molar-refractivity contribution in [3.05, 3.63) is 79.1 Å². The molecule has 3 aromatic heterocycles. The molecule has 0 saturated carbocycles. The molecule has 0 saturated heterocycles. The van der Waals surface area contributed by atoms with E-state index in [1.165, 1.54) is 36.0 Å². The van der Waals surface area contributed by atoms with E-state index in [0.717, 1.165) is 5.56 Å². The standard InChI is InChI=1S/C19H15FN6OS/c20-15-5-7-16(8-6-15)22-17(27)13-28-19-24-23-18(14-4-3-9-21-12-14)26(19)25-10-1-2-11-25/h1-12H,13H2,(H,22,27). The maximum atomic E-state index is 13.0. The molecule has 4 rings (SSSR count). The monoisotopic (exact) mass is 394 g/mol. The summed E-state index contributed by atoms with van der Waals surface area (Å²) in [5.74, 6) is 0.173. The van der Waals surface area contributed by atoms with Crippen LogP contribution in [0.15, 0.2) is 78.5 Å². The molecule has 1 N–H and O–H groups in total. The zero-order chi connectivity index (χ0) is 19.3. The van der Waals surface area contributed by atoms with E-state index in [-0.39, 0.29) is 17.5 Å². The Bertz CT molecular complexity index is 1060. The Morgan fingerprint density at radius 2 is 1.86 bits per heavy atom. The average molecular weight is 394 g/mol. The summed E-state index contributed by atoms with van der Waals surface area (Å²) in [5, 5.41) is 11.8. The molecule has 140 valence electrons. The van der Waals surface area contributed by atoms with E-state index in [4.69, 9.17) is 0 Å². The molecule has 9 heteroatoms. The van der Waals surface area contributed by atoms with Crippen molar-refractivity contribution in [1.29, 1.82) is 0 Å². The van der Waals surface area contributed by atoms with Crippen LogP contribution in [0, 0.1) is 5.82 Å². The molecule has 0 fully saturated rings. The van der Waals surface area contributed by atoms with Gasteiger partial charge in [-0.25, -0.2) is 9.07 Å². The van der Waals surface area contributed by atoms with Gasteiger partial charge in [0.05, 0.1) is 5.75 Å². The zero-order valence-corrected chi connectivity index (χ0v) is 15.4. The van der Waals surface area contributed by atoms with E-state index in [1.807, 2.05) is 46.0 Å². The number of nitrogens with one attached hydrogen (secondary N) is 1. The number of carbonyl (C=O) groups is 1. The molecule has 0 spiro atoms. The highest BCUT2D eigenvalue weighted by Crippen LogP contribution is 2.24. The molecule has 0 aliphatic carbocycles. The maximum Gasteiger partial charge on any atom is 0.234 e. The first-order chi connectivity index (χ1) is 13.7. The summed E-state index contributed by atoms with van der Waals surface area (Å²) in [5.41, 5.74) is 1.35. The predicted octanol–water partition coefficient (Wildman–Crippen LogP) is 3.32. The Balaban J connectivity index is 1.54. The van der Waals surface area contributed by atoms with Gasteiger partial charge in [-0.1, -0.05) is 11.8 Å². The number of rotatable bonds is 6. The summed E-state index contributed by atoms with van der Waals surface area (Å²) in [6.07, 6.45) is 7.13. The van der Waals surface area contributed by atoms with Gasteiger partial charge in [0.1, 0.15) is 5.82 Å². The third-order valence-electron chi connectivity index (χ3n) is 3.81. The molecule has 4 aromatic rings. The van der Waals surface area contributed by atoms with E-state index in [2.05, 4.69) is 20.5 Å². The van der Waals surface area contributed by atoms with Crippen molar-refractivity contribution in [3.8, 4) is 11.4 Å². The third kappa shape index (κ3) is 3.94. The summed E-state index contributed by atoms with van der Waals surface area (Å²) in [7, 11) is 0.